The van der Waals surface area contributed by atoms with Crippen LogP contribution in [-0.2, 0) is 0 Å². The van der Waals surface area contributed by atoms with Crippen molar-refractivity contribution in [2.45, 2.75) is 38.7 Å². The summed E-state index contributed by atoms with van der Waals surface area (Å²) < 4.78 is 13.5. The minimum absolute atomic E-state index is 0.174. The van der Waals surface area contributed by atoms with E-state index in [4.69, 9.17) is 0 Å². The van der Waals surface area contributed by atoms with Crippen LogP contribution in [0.4, 0.5) is 4.39 Å². The van der Waals surface area contributed by atoms with Gasteiger partial charge in [-0.1, -0.05) is 26.7 Å². The maximum Gasteiger partial charge on any atom is 0.150 e. The van der Waals surface area contributed by atoms with Crippen LogP contribution in [0, 0.1) is 11.8 Å². The first kappa shape index (κ1) is 8.09. The summed E-state index contributed by atoms with van der Waals surface area (Å²) in [6, 6.07) is 0. The maximum absolute atomic E-state index is 13.5. The summed E-state index contributed by atoms with van der Waals surface area (Å²) in [7, 11) is 1.73. The van der Waals surface area contributed by atoms with Crippen LogP contribution in [0.1, 0.15) is 33.1 Å². The molecule has 0 radical (unpaired) electrons. The van der Waals surface area contributed by atoms with Gasteiger partial charge in [-0.05, 0) is 18.3 Å². The van der Waals surface area contributed by atoms with Crippen molar-refractivity contribution in [3.8, 4) is 0 Å². The molecule has 1 saturated carbocycles. The van der Waals surface area contributed by atoms with Gasteiger partial charge in [0.05, 0.1) is 5.57 Å². The Balaban J connectivity index is 2.33. The van der Waals surface area contributed by atoms with Crippen LogP contribution >= 0.6 is 0 Å². The molecule has 1 rings (SSSR count). The average molecular weight is 142 g/mol. The van der Waals surface area contributed by atoms with Crippen molar-refractivity contribution < 1.29 is 4.39 Å². The minimum Gasteiger partial charge on any atom is -0.254 e. The molecule has 0 aromatic carbocycles. The Labute approximate surface area is 63.6 Å². The van der Waals surface area contributed by atoms with Gasteiger partial charge >= 0.3 is 0 Å². The molecule has 0 heterocycles. The molecule has 0 saturated heterocycles. The highest BCUT2D eigenvalue weighted by Crippen LogP contribution is 2.39. The summed E-state index contributed by atoms with van der Waals surface area (Å²) in [6.07, 6.45) is 3.29. The first-order valence-electron chi connectivity index (χ1n) is 4.21. The molecule has 0 amide bonds. The van der Waals surface area contributed by atoms with E-state index in [1.54, 1.807) is 7.85 Å². The van der Waals surface area contributed by atoms with Crippen molar-refractivity contribution in [1.29, 1.82) is 0 Å². The maximum atomic E-state index is 13.5. The SMILES string of the molecule is BC(F)(CC1CC1)C(C)C. The van der Waals surface area contributed by atoms with E-state index < -0.39 is 5.57 Å². The number of hydrogen-bond acceptors (Lipinski definition) is 0. The topological polar surface area (TPSA) is 0 Å². The molecule has 1 aliphatic carbocycles. The van der Waals surface area contributed by atoms with Gasteiger partial charge in [-0.3, -0.25) is 4.39 Å². The average Bonchev–Trinajstić information content (AvgIpc) is 2.48. The molecule has 1 aliphatic rings. The highest BCUT2D eigenvalue weighted by atomic mass is 19.1. The van der Waals surface area contributed by atoms with Gasteiger partial charge in [0.25, 0.3) is 0 Å². The Hall–Kier alpha value is -0.00506. The summed E-state index contributed by atoms with van der Waals surface area (Å²) in [4.78, 5) is 0. The summed E-state index contributed by atoms with van der Waals surface area (Å²) >= 11 is 0. The van der Waals surface area contributed by atoms with Crippen LogP contribution in [0.2, 0.25) is 0 Å². The third-order valence-corrected chi connectivity index (χ3v) is 2.59. The largest absolute Gasteiger partial charge is 0.254 e. The zero-order valence-electron chi connectivity index (χ0n) is 7.15. The van der Waals surface area contributed by atoms with Crippen molar-refractivity contribution in [3.05, 3.63) is 0 Å². The third kappa shape index (κ3) is 2.00. The normalized spacial score (nSPS) is 24.8. The van der Waals surface area contributed by atoms with Gasteiger partial charge in [0.15, 0.2) is 7.85 Å². The lowest BCUT2D eigenvalue weighted by Crippen LogP contribution is -2.30. The van der Waals surface area contributed by atoms with Crippen LogP contribution in [0.15, 0.2) is 0 Å². The van der Waals surface area contributed by atoms with E-state index in [0.717, 1.165) is 6.42 Å². The molecule has 2 heteroatoms. The summed E-state index contributed by atoms with van der Waals surface area (Å²) in [5.41, 5.74) is -0.916. The van der Waals surface area contributed by atoms with Crippen LogP contribution in [-0.4, -0.2) is 13.4 Å². The summed E-state index contributed by atoms with van der Waals surface area (Å²) in [6.45, 7) is 3.92. The molecule has 0 aromatic rings. The van der Waals surface area contributed by atoms with Gasteiger partial charge in [-0.25, -0.2) is 0 Å². The first-order chi connectivity index (χ1) is 4.52. The molecule has 0 aliphatic heterocycles. The lowest BCUT2D eigenvalue weighted by Gasteiger charge is -2.24. The molecule has 1 fully saturated rings. The van der Waals surface area contributed by atoms with Gasteiger partial charge in [-0.15, -0.1) is 0 Å². The Morgan fingerprint density at radius 1 is 1.60 bits per heavy atom. The van der Waals surface area contributed by atoms with Crippen molar-refractivity contribution in [1.82, 2.24) is 0 Å². The van der Waals surface area contributed by atoms with Crippen LogP contribution in [0.25, 0.3) is 0 Å². The molecular formula is C8H16BF. The van der Waals surface area contributed by atoms with Crippen molar-refractivity contribution in [2.24, 2.45) is 11.8 Å². The van der Waals surface area contributed by atoms with E-state index in [-0.39, 0.29) is 5.92 Å². The van der Waals surface area contributed by atoms with Crippen molar-refractivity contribution in [2.75, 3.05) is 0 Å². The van der Waals surface area contributed by atoms with Crippen molar-refractivity contribution >= 4 is 7.85 Å². The van der Waals surface area contributed by atoms with Gasteiger partial charge in [0.2, 0.25) is 0 Å². The zero-order chi connectivity index (χ0) is 7.78. The molecular weight excluding hydrogens is 126 g/mol. The highest BCUT2D eigenvalue weighted by molar-refractivity contribution is 6.14. The molecule has 0 bridgehead atoms. The third-order valence-electron chi connectivity index (χ3n) is 2.59. The highest BCUT2D eigenvalue weighted by Gasteiger charge is 2.35. The lowest BCUT2D eigenvalue weighted by atomic mass is 9.71. The Morgan fingerprint density at radius 2 is 2.10 bits per heavy atom. The van der Waals surface area contributed by atoms with Gasteiger partial charge in [-0.2, -0.15) is 0 Å². The first-order valence-corrected chi connectivity index (χ1v) is 4.21. The number of alkyl halides is 1. The predicted octanol–water partition coefficient (Wildman–Crippen LogP) is 1.74. The molecule has 10 heavy (non-hydrogen) atoms. The standard InChI is InChI=1S/C8H16BF/c1-6(2)8(9,10)5-7-3-4-7/h6-7H,3-5,9H2,1-2H3. The van der Waals surface area contributed by atoms with E-state index in [9.17, 15) is 4.39 Å². The second-order valence-electron chi connectivity index (χ2n) is 4.08. The smallest absolute Gasteiger partial charge is 0.150 e. The van der Waals surface area contributed by atoms with E-state index in [0.29, 0.717) is 5.92 Å². The number of rotatable bonds is 3. The Morgan fingerprint density at radius 3 is 2.40 bits per heavy atom. The lowest BCUT2D eigenvalue weighted by molar-refractivity contribution is 0.179. The molecule has 0 nitrogen and oxygen atoms in total. The van der Waals surface area contributed by atoms with Crippen molar-refractivity contribution in [3.63, 3.8) is 0 Å². The monoisotopic (exact) mass is 142 g/mol. The van der Waals surface area contributed by atoms with Gasteiger partial charge in [0, 0.05) is 0 Å². The molecule has 1 atom stereocenters. The predicted molar refractivity (Wildman–Crippen MR) is 44.6 cm³/mol. The number of hydrogen-bond donors (Lipinski definition) is 0. The minimum atomic E-state index is -0.916. The molecule has 58 valence electrons. The van der Waals surface area contributed by atoms with Gasteiger partial charge in [0.1, 0.15) is 0 Å². The van der Waals surface area contributed by atoms with Crippen LogP contribution < -0.4 is 0 Å². The Bertz CT molecular complexity index is 116. The quantitative estimate of drug-likeness (QED) is 0.526. The van der Waals surface area contributed by atoms with E-state index in [1.807, 2.05) is 13.8 Å². The van der Waals surface area contributed by atoms with Gasteiger partial charge < -0.3 is 0 Å². The second kappa shape index (κ2) is 2.56. The summed E-state index contributed by atoms with van der Waals surface area (Å²) in [5.74, 6) is 0.880. The zero-order valence-corrected chi connectivity index (χ0v) is 7.15. The fraction of sp³-hybridized carbons (Fsp3) is 1.00. The Kier molecular flexibility index (Phi) is 2.07. The van der Waals surface area contributed by atoms with Crippen LogP contribution in [0.5, 0.6) is 0 Å². The van der Waals surface area contributed by atoms with E-state index in [1.165, 1.54) is 12.8 Å². The summed E-state index contributed by atoms with van der Waals surface area (Å²) in [5, 5.41) is 0. The molecule has 0 N–H and O–H groups in total. The fourth-order valence-corrected chi connectivity index (χ4v) is 1.12. The molecule has 0 spiro atoms. The second-order valence-corrected chi connectivity index (χ2v) is 4.08. The fourth-order valence-electron chi connectivity index (χ4n) is 1.12. The molecule has 1 unspecified atom stereocenters. The number of halogens is 1. The van der Waals surface area contributed by atoms with Crippen LogP contribution in [0.3, 0.4) is 0 Å². The molecule has 0 aromatic heterocycles. The van der Waals surface area contributed by atoms with E-state index >= 15 is 0 Å². The van der Waals surface area contributed by atoms with E-state index in [2.05, 4.69) is 0 Å².